The van der Waals surface area contributed by atoms with E-state index < -0.39 is 0 Å². The predicted octanol–water partition coefficient (Wildman–Crippen LogP) is 9.79. The monoisotopic (exact) mass is 485 g/mol. The molecule has 0 amide bonds. The highest BCUT2D eigenvalue weighted by molar-refractivity contribution is 5.59. The van der Waals surface area contributed by atoms with Crippen molar-refractivity contribution in [3.63, 3.8) is 0 Å². The molecule has 1 aromatic heterocycles. The first-order valence-electron chi connectivity index (χ1n) is 14.5. The molecule has 0 unspecified atom stereocenters. The fourth-order valence-electron chi connectivity index (χ4n) is 4.63. The summed E-state index contributed by atoms with van der Waals surface area (Å²) in [4.78, 5) is 4.74. The lowest BCUT2D eigenvalue weighted by atomic mass is 10.0. The first kappa shape index (κ1) is 28.0. The normalized spacial score (nSPS) is 11.1. The summed E-state index contributed by atoms with van der Waals surface area (Å²) in [6, 6.07) is 22.0. The molecule has 0 aliphatic rings. The summed E-state index contributed by atoms with van der Waals surface area (Å²) in [5, 5.41) is 0. The molecule has 2 nitrogen and oxygen atoms in total. The van der Waals surface area contributed by atoms with Crippen LogP contribution >= 0.6 is 0 Å². The lowest BCUT2D eigenvalue weighted by molar-refractivity contribution is 0.304. The van der Waals surface area contributed by atoms with Crippen LogP contribution in [0.4, 0.5) is 0 Å². The van der Waals surface area contributed by atoms with Gasteiger partial charge >= 0.3 is 0 Å². The molecule has 2 aromatic carbocycles. The molecule has 0 bridgehead atoms. The molecular formula is C34H47NO. The van der Waals surface area contributed by atoms with Crippen LogP contribution in [0.15, 0.2) is 66.9 Å². The smallest absolute Gasteiger partial charge is 0.119 e. The van der Waals surface area contributed by atoms with Gasteiger partial charge in [-0.3, -0.25) is 4.98 Å². The molecule has 0 saturated carbocycles. The number of nitrogens with zero attached hydrogens (tertiary/aromatic N) is 1. The molecule has 1 heterocycles. The van der Waals surface area contributed by atoms with Crippen molar-refractivity contribution >= 4 is 0 Å². The van der Waals surface area contributed by atoms with Crippen LogP contribution in [0.2, 0.25) is 0 Å². The molecule has 0 aliphatic carbocycles. The Bertz CT molecular complexity index is 944. The summed E-state index contributed by atoms with van der Waals surface area (Å²) in [7, 11) is 0. The van der Waals surface area contributed by atoms with Crippen LogP contribution in [0, 0.1) is 0 Å². The van der Waals surface area contributed by atoms with Gasteiger partial charge in [-0.2, -0.15) is 0 Å². The van der Waals surface area contributed by atoms with Gasteiger partial charge in [0.2, 0.25) is 0 Å². The Morgan fingerprint density at radius 2 is 1.08 bits per heavy atom. The third-order valence-corrected chi connectivity index (χ3v) is 7.04. The zero-order chi connectivity index (χ0) is 25.3. The average Bonchev–Trinajstić information content (AvgIpc) is 2.93. The maximum atomic E-state index is 5.90. The summed E-state index contributed by atoms with van der Waals surface area (Å²) >= 11 is 0. The maximum Gasteiger partial charge on any atom is 0.119 e. The third kappa shape index (κ3) is 10.6. The van der Waals surface area contributed by atoms with Crippen molar-refractivity contribution in [3.8, 4) is 17.0 Å². The van der Waals surface area contributed by atoms with Gasteiger partial charge in [-0.25, -0.2) is 0 Å². The Hall–Kier alpha value is -2.61. The number of benzene rings is 2. The number of aryl methyl sites for hydroxylation is 3. The number of hydrogen-bond acceptors (Lipinski definition) is 2. The SMILES string of the molecule is CCCCCCCCc1ccc(-c2ccc(CCc3ccc(OCCCCCCC)cc3)cc2)nc1. The summed E-state index contributed by atoms with van der Waals surface area (Å²) < 4.78 is 5.90. The predicted molar refractivity (Wildman–Crippen MR) is 155 cm³/mol. The number of rotatable bonds is 18. The van der Waals surface area contributed by atoms with Gasteiger partial charge in [-0.05, 0) is 67.0 Å². The molecule has 3 rings (SSSR count). The Morgan fingerprint density at radius 3 is 1.69 bits per heavy atom. The molecule has 0 N–H and O–H groups in total. The standard InChI is InChI=1S/C34H47NO/c1-3-5-7-9-10-12-14-31-21-26-34(35-28-31)32-22-17-29(18-23-32)15-16-30-19-24-33(25-20-30)36-27-13-11-8-6-4-2/h17-26,28H,3-16,27H2,1-2H3. The average molecular weight is 486 g/mol. The molecule has 0 aliphatic heterocycles. The van der Waals surface area contributed by atoms with Crippen molar-refractivity contribution in [2.24, 2.45) is 0 Å². The van der Waals surface area contributed by atoms with Crippen LogP contribution in [0.25, 0.3) is 11.3 Å². The second-order valence-electron chi connectivity index (χ2n) is 10.2. The fraction of sp³-hybridized carbons (Fsp3) is 0.500. The number of hydrogen-bond donors (Lipinski definition) is 0. The fourth-order valence-corrected chi connectivity index (χ4v) is 4.63. The van der Waals surface area contributed by atoms with E-state index in [2.05, 4.69) is 80.7 Å². The van der Waals surface area contributed by atoms with Crippen LogP contribution in [0.1, 0.15) is 101 Å². The van der Waals surface area contributed by atoms with Crippen molar-refractivity contribution in [1.82, 2.24) is 4.98 Å². The molecular weight excluding hydrogens is 438 g/mol. The highest BCUT2D eigenvalue weighted by atomic mass is 16.5. The van der Waals surface area contributed by atoms with Gasteiger partial charge < -0.3 is 4.74 Å². The molecule has 194 valence electrons. The van der Waals surface area contributed by atoms with Crippen molar-refractivity contribution in [3.05, 3.63) is 83.6 Å². The number of pyridine rings is 1. The number of unbranched alkanes of at least 4 members (excludes halogenated alkanes) is 9. The first-order chi connectivity index (χ1) is 17.8. The van der Waals surface area contributed by atoms with E-state index in [1.54, 1.807) is 0 Å². The zero-order valence-electron chi connectivity index (χ0n) is 22.8. The maximum absolute atomic E-state index is 5.90. The van der Waals surface area contributed by atoms with Crippen molar-refractivity contribution in [2.45, 2.75) is 104 Å². The molecule has 0 spiro atoms. The van der Waals surface area contributed by atoms with Crippen LogP contribution in [-0.2, 0) is 19.3 Å². The summed E-state index contributed by atoms with van der Waals surface area (Å²) in [6.07, 6.45) is 19.7. The third-order valence-electron chi connectivity index (χ3n) is 7.04. The van der Waals surface area contributed by atoms with E-state index in [4.69, 9.17) is 9.72 Å². The molecule has 0 atom stereocenters. The minimum absolute atomic E-state index is 0.826. The van der Waals surface area contributed by atoms with E-state index in [1.807, 2.05) is 0 Å². The highest BCUT2D eigenvalue weighted by Gasteiger charge is 2.03. The van der Waals surface area contributed by atoms with Crippen molar-refractivity contribution in [2.75, 3.05) is 6.61 Å². The van der Waals surface area contributed by atoms with Gasteiger partial charge in [0.15, 0.2) is 0 Å². The van der Waals surface area contributed by atoms with E-state index >= 15 is 0 Å². The lowest BCUT2D eigenvalue weighted by Crippen LogP contribution is -1.98. The molecule has 3 aromatic rings. The van der Waals surface area contributed by atoms with Crippen LogP contribution in [0.3, 0.4) is 0 Å². The van der Waals surface area contributed by atoms with Crippen molar-refractivity contribution < 1.29 is 4.74 Å². The Labute approximate surface area is 220 Å². The van der Waals surface area contributed by atoms with Gasteiger partial charge in [0.1, 0.15) is 5.75 Å². The molecule has 0 fully saturated rings. The van der Waals surface area contributed by atoms with Crippen LogP contribution < -0.4 is 4.74 Å². The van der Waals surface area contributed by atoms with Gasteiger partial charge in [0, 0.05) is 11.8 Å². The zero-order valence-corrected chi connectivity index (χ0v) is 22.8. The minimum Gasteiger partial charge on any atom is -0.494 e. The van der Waals surface area contributed by atoms with Gasteiger partial charge in [-0.15, -0.1) is 0 Å². The first-order valence-corrected chi connectivity index (χ1v) is 14.5. The molecule has 0 saturated heterocycles. The number of aromatic nitrogens is 1. The second kappa shape index (κ2) is 17.0. The van der Waals surface area contributed by atoms with E-state index in [0.29, 0.717) is 0 Å². The molecule has 2 heteroatoms. The van der Waals surface area contributed by atoms with Crippen LogP contribution in [0.5, 0.6) is 5.75 Å². The summed E-state index contributed by atoms with van der Waals surface area (Å²) in [5.41, 5.74) is 6.34. The van der Waals surface area contributed by atoms with Gasteiger partial charge in [0.05, 0.1) is 12.3 Å². The van der Waals surface area contributed by atoms with Crippen LogP contribution in [-0.4, -0.2) is 11.6 Å². The second-order valence-corrected chi connectivity index (χ2v) is 10.2. The van der Waals surface area contributed by atoms with Crippen molar-refractivity contribution in [1.29, 1.82) is 0 Å². The van der Waals surface area contributed by atoms with E-state index in [-0.39, 0.29) is 0 Å². The van der Waals surface area contributed by atoms with E-state index in [0.717, 1.165) is 43.7 Å². The lowest BCUT2D eigenvalue weighted by Gasteiger charge is -2.08. The topological polar surface area (TPSA) is 22.1 Å². The summed E-state index contributed by atoms with van der Waals surface area (Å²) in [6.45, 7) is 5.35. The highest BCUT2D eigenvalue weighted by Crippen LogP contribution is 2.20. The molecule has 36 heavy (non-hydrogen) atoms. The van der Waals surface area contributed by atoms with Gasteiger partial charge in [0.25, 0.3) is 0 Å². The number of ether oxygens (including phenoxy) is 1. The Morgan fingerprint density at radius 1 is 0.528 bits per heavy atom. The quantitative estimate of drug-likeness (QED) is 0.167. The van der Waals surface area contributed by atoms with E-state index in [9.17, 15) is 0 Å². The molecule has 0 radical (unpaired) electrons. The van der Waals surface area contributed by atoms with Gasteiger partial charge in [-0.1, -0.05) is 114 Å². The largest absolute Gasteiger partial charge is 0.494 e. The minimum atomic E-state index is 0.826. The Balaban J connectivity index is 1.37. The van der Waals surface area contributed by atoms with E-state index in [1.165, 1.54) is 86.5 Å². The Kier molecular flexibility index (Phi) is 13.2. The summed E-state index contributed by atoms with van der Waals surface area (Å²) in [5.74, 6) is 0.990.